The molecule has 0 radical (unpaired) electrons. The van der Waals surface area contributed by atoms with Gasteiger partial charge >= 0.3 is 6.09 Å². The molecule has 1 N–H and O–H groups in total. The highest BCUT2D eigenvalue weighted by Crippen LogP contribution is 2.38. The van der Waals surface area contributed by atoms with E-state index in [0.717, 1.165) is 73.6 Å². The van der Waals surface area contributed by atoms with Crippen LogP contribution in [-0.2, 0) is 37.0 Å². The van der Waals surface area contributed by atoms with Gasteiger partial charge in [-0.1, -0.05) is 36.4 Å². The molecule has 49 heavy (non-hydrogen) atoms. The maximum atomic E-state index is 13.0. The largest absolute Gasteiger partial charge is 0.490 e. The summed E-state index contributed by atoms with van der Waals surface area (Å²) in [6.07, 6.45) is 5.05. The molecular formula is C38H53N3O8. The molecule has 2 aromatic rings. The molecule has 2 fully saturated rings. The van der Waals surface area contributed by atoms with Gasteiger partial charge in [-0.25, -0.2) is 4.79 Å². The van der Waals surface area contributed by atoms with Crippen LogP contribution >= 0.6 is 0 Å². The third kappa shape index (κ3) is 10.2. The summed E-state index contributed by atoms with van der Waals surface area (Å²) in [6.45, 7) is 10.9. The highest BCUT2D eigenvalue weighted by Gasteiger charge is 2.39. The average molecular weight is 680 g/mol. The van der Waals surface area contributed by atoms with Crippen LogP contribution in [0.3, 0.4) is 0 Å². The third-order valence-electron chi connectivity index (χ3n) is 9.53. The number of likely N-dealkylation sites (tertiary alicyclic amines) is 2. The topological polar surface area (TPSA) is 110 Å². The lowest BCUT2D eigenvalue weighted by atomic mass is 9.78. The number of methoxy groups -OCH3 is 1. The fourth-order valence-electron chi connectivity index (χ4n) is 7.01. The van der Waals surface area contributed by atoms with Gasteiger partial charge in [-0.15, -0.1) is 0 Å². The number of hydrogen-bond donors (Lipinski definition) is 1. The summed E-state index contributed by atoms with van der Waals surface area (Å²) in [5, 5.41) is 10.1. The molecular weight excluding hydrogens is 626 g/mol. The Bertz CT molecular complexity index is 1380. The summed E-state index contributed by atoms with van der Waals surface area (Å²) in [4.78, 5) is 31.0. The molecule has 0 aromatic heterocycles. The van der Waals surface area contributed by atoms with Gasteiger partial charge in [0.05, 0.1) is 50.8 Å². The smallest absolute Gasteiger partial charge is 0.407 e. The number of amides is 2. The number of nitrogens with zero attached hydrogens (tertiary/aromatic N) is 3. The molecule has 11 nitrogen and oxygen atoms in total. The Morgan fingerprint density at radius 3 is 2.53 bits per heavy atom. The first-order chi connectivity index (χ1) is 23.9. The minimum absolute atomic E-state index is 0.0266. The number of hydrogen-bond acceptors (Lipinski definition) is 8. The van der Waals surface area contributed by atoms with Gasteiger partial charge in [-0.2, -0.15) is 0 Å². The number of anilines is 1. The van der Waals surface area contributed by atoms with Crippen LogP contribution in [-0.4, -0.2) is 112 Å². The van der Waals surface area contributed by atoms with Crippen LogP contribution in [0.5, 0.6) is 5.75 Å². The van der Waals surface area contributed by atoms with Crippen molar-refractivity contribution in [3.8, 4) is 5.75 Å². The van der Waals surface area contributed by atoms with Gasteiger partial charge in [0.25, 0.3) is 0 Å². The zero-order valence-electron chi connectivity index (χ0n) is 29.3. The van der Waals surface area contributed by atoms with E-state index in [9.17, 15) is 14.7 Å². The minimum atomic E-state index is -0.997. The van der Waals surface area contributed by atoms with Crippen LogP contribution in [0.1, 0.15) is 55.7 Å². The molecule has 0 unspecified atom stereocenters. The van der Waals surface area contributed by atoms with Crippen LogP contribution in [0.25, 0.3) is 0 Å². The first-order valence-corrected chi connectivity index (χ1v) is 17.7. The molecule has 0 aliphatic carbocycles. The van der Waals surface area contributed by atoms with E-state index < -0.39 is 12.2 Å². The molecule has 3 aliphatic rings. The fourth-order valence-corrected chi connectivity index (χ4v) is 7.01. The summed E-state index contributed by atoms with van der Waals surface area (Å²) >= 11 is 0. The van der Waals surface area contributed by atoms with Gasteiger partial charge in [-0.3, -0.25) is 4.79 Å². The predicted octanol–water partition coefficient (Wildman–Crippen LogP) is 5.32. The molecule has 3 heterocycles. The molecule has 0 bridgehead atoms. The van der Waals surface area contributed by atoms with E-state index in [1.54, 1.807) is 13.2 Å². The van der Waals surface area contributed by atoms with Crippen LogP contribution in [0.4, 0.5) is 10.5 Å². The lowest BCUT2D eigenvalue weighted by Crippen LogP contribution is -2.50. The summed E-state index contributed by atoms with van der Waals surface area (Å²) in [5.74, 6) is 0.395. The van der Waals surface area contributed by atoms with E-state index in [0.29, 0.717) is 39.6 Å². The van der Waals surface area contributed by atoms with E-state index in [2.05, 4.69) is 35.2 Å². The van der Waals surface area contributed by atoms with Gasteiger partial charge in [0.15, 0.2) is 0 Å². The lowest BCUT2D eigenvalue weighted by molar-refractivity contribution is -0.125. The van der Waals surface area contributed by atoms with Crippen LogP contribution in [0.15, 0.2) is 54.6 Å². The number of carbonyl (C=O) groups excluding carboxylic acids is 1. The number of ether oxygens (including phenoxy) is 5. The maximum Gasteiger partial charge on any atom is 0.407 e. The first kappa shape index (κ1) is 36.6. The highest BCUT2D eigenvalue weighted by molar-refractivity contribution is 5.87. The lowest BCUT2D eigenvalue weighted by Gasteiger charge is -2.42. The van der Waals surface area contributed by atoms with Gasteiger partial charge in [-0.05, 0) is 68.0 Å². The van der Waals surface area contributed by atoms with E-state index in [4.69, 9.17) is 23.7 Å². The summed E-state index contributed by atoms with van der Waals surface area (Å²) in [6, 6.07) is 14.4. The van der Waals surface area contributed by atoms with Crippen molar-refractivity contribution in [3.63, 3.8) is 0 Å². The first-order valence-electron chi connectivity index (χ1n) is 17.7. The Balaban J connectivity index is 1.36. The standard InChI is InChI=1S/C38H53N3O8/c1-4-47-28(2)25-46-26-29-8-11-31(12-9-29)37-32(13-15-36(42)40-16-5-6-17-40)23-41(38(43)44)24-35(37)49-27-30-10-14-34-33(22-30)39(19-21-48-34)18-7-20-45-3/h8-15,22,28,32,35,37H,4-7,16-21,23-27H2,1-3H3,(H,43,44)/b15-13+/t28-,32-,35+,37+/m1/s1. The molecule has 0 spiro atoms. The molecule has 2 aromatic carbocycles. The maximum absolute atomic E-state index is 13.0. The van der Waals surface area contributed by atoms with Crippen LogP contribution < -0.4 is 9.64 Å². The van der Waals surface area contributed by atoms with Crippen molar-refractivity contribution in [1.82, 2.24) is 9.80 Å². The van der Waals surface area contributed by atoms with Crippen molar-refractivity contribution in [3.05, 3.63) is 71.3 Å². The number of fused-ring (bicyclic) bond motifs is 1. The van der Waals surface area contributed by atoms with Crippen molar-refractivity contribution >= 4 is 17.7 Å². The molecule has 3 aliphatic heterocycles. The Kier molecular flexibility index (Phi) is 13.7. The predicted molar refractivity (Wildman–Crippen MR) is 187 cm³/mol. The average Bonchev–Trinajstić information content (AvgIpc) is 3.66. The Morgan fingerprint density at radius 1 is 1.02 bits per heavy atom. The van der Waals surface area contributed by atoms with Crippen molar-refractivity contribution in [2.24, 2.45) is 5.92 Å². The highest BCUT2D eigenvalue weighted by atomic mass is 16.5. The van der Waals surface area contributed by atoms with Gasteiger partial charge < -0.3 is 43.5 Å². The Morgan fingerprint density at radius 2 is 1.80 bits per heavy atom. The second kappa shape index (κ2) is 18.4. The van der Waals surface area contributed by atoms with Gasteiger partial charge in [0, 0.05) is 58.3 Å². The summed E-state index contributed by atoms with van der Waals surface area (Å²) in [7, 11) is 1.72. The number of carboxylic acid groups (broad SMARTS) is 1. The van der Waals surface area contributed by atoms with Crippen molar-refractivity contribution in [1.29, 1.82) is 0 Å². The van der Waals surface area contributed by atoms with Crippen molar-refractivity contribution in [2.45, 2.75) is 64.4 Å². The summed E-state index contributed by atoms with van der Waals surface area (Å²) in [5.41, 5.74) is 4.09. The molecule has 2 amide bonds. The van der Waals surface area contributed by atoms with Crippen LogP contribution in [0.2, 0.25) is 0 Å². The van der Waals surface area contributed by atoms with E-state index in [1.807, 2.05) is 37.0 Å². The van der Waals surface area contributed by atoms with Gasteiger partial charge in [0.1, 0.15) is 12.4 Å². The zero-order chi connectivity index (χ0) is 34.6. The van der Waals surface area contributed by atoms with Crippen molar-refractivity contribution in [2.75, 3.05) is 77.7 Å². The Hall–Kier alpha value is -3.64. The molecule has 4 atom stereocenters. The summed E-state index contributed by atoms with van der Waals surface area (Å²) < 4.78 is 29.3. The molecule has 11 heteroatoms. The SMILES string of the molecule is CCO[C@H](C)COCc1ccc([C@H]2[C@H](/C=C/C(=O)N3CCCC3)CN(C(=O)O)C[C@@H]2OCc2ccc3c(c2)N(CCCOC)CCO3)cc1. The number of benzene rings is 2. The van der Waals surface area contributed by atoms with Crippen molar-refractivity contribution < 1.29 is 38.4 Å². The normalized spacial score (nSPS) is 21.5. The molecule has 5 rings (SSSR count). The molecule has 2 saturated heterocycles. The number of carbonyl (C=O) groups is 2. The molecule has 268 valence electrons. The van der Waals surface area contributed by atoms with E-state index in [-0.39, 0.29) is 36.9 Å². The second-order valence-electron chi connectivity index (χ2n) is 13.1. The zero-order valence-corrected chi connectivity index (χ0v) is 29.3. The fraction of sp³-hybridized carbons (Fsp3) is 0.579. The second-order valence-corrected chi connectivity index (χ2v) is 13.1. The third-order valence-corrected chi connectivity index (χ3v) is 9.53. The monoisotopic (exact) mass is 679 g/mol. The minimum Gasteiger partial charge on any atom is -0.490 e. The van der Waals surface area contributed by atoms with Crippen LogP contribution in [0, 0.1) is 5.92 Å². The quantitative estimate of drug-likeness (QED) is 0.186. The number of rotatable bonds is 16. The van der Waals surface area contributed by atoms with Gasteiger partial charge in [0.2, 0.25) is 5.91 Å². The Labute approximate surface area is 290 Å². The van der Waals surface area contributed by atoms with E-state index in [1.165, 1.54) is 4.90 Å². The number of piperidine rings is 1. The molecule has 0 saturated carbocycles. The van der Waals surface area contributed by atoms with E-state index >= 15 is 0 Å².